The molecule has 126 valence electrons. The molecule has 0 aliphatic heterocycles. The summed E-state index contributed by atoms with van der Waals surface area (Å²) in [5, 5.41) is 9.12. The first-order valence-corrected chi connectivity index (χ1v) is 8.45. The van der Waals surface area contributed by atoms with Crippen LogP contribution in [0.3, 0.4) is 0 Å². The van der Waals surface area contributed by atoms with Crippen LogP contribution in [0, 0.1) is 0 Å². The van der Waals surface area contributed by atoms with Crippen molar-refractivity contribution in [2.24, 2.45) is 0 Å². The van der Waals surface area contributed by atoms with Crippen LogP contribution in [0.1, 0.15) is 15.9 Å². The van der Waals surface area contributed by atoms with Gasteiger partial charge in [0.2, 0.25) is 0 Å². The summed E-state index contributed by atoms with van der Waals surface area (Å²) in [6.07, 6.45) is 3.92. The number of pyridine rings is 1. The molecule has 2 aromatic heterocycles. The lowest BCUT2D eigenvalue weighted by Gasteiger charge is -2.06. The highest BCUT2D eigenvalue weighted by Crippen LogP contribution is 2.14. The van der Waals surface area contributed by atoms with Crippen LogP contribution < -0.4 is 10.9 Å². The molecular formula is C18H15BrN4O2. The number of halogens is 1. The summed E-state index contributed by atoms with van der Waals surface area (Å²) in [6.45, 7) is 0.432. The molecule has 0 unspecified atom stereocenters. The number of carbonyl (C=O) groups excluding carboxylic acids is 1. The fourth-order valence-corrected chi connectivity index (χ4v) is 2.80. The summed E-state index contributed by atoms with van der Waals surface area (Å²) in [7, 11) is 0. The molecule has 0 aliphatic carbocycles. The number of aromatic amines is 1. The number of H-pyrrole nitrogens is 1. The third kappa shape index (κ3) is 4.39. The van der Waals surface area contributed by atoms with Crippen LogP contribution in [0.25, 0.3) is 11.3 Å². The zero-order valence-corrected chi connectivity index (χ0v) is 14.8. The average Bonchev–Trinajstić information content (AvgIpc) is 2.63. The predicted molar refractivity (Wildman–Crippen MR) is 98.3 cm³/mol. The van der Waals surface area contributed by atoms with Gasteiger partial charge in [-0.05, 0) is 42.3 Å². The Labute approximate surface area is 152 Å². The Morgan fingerprint density at radius 1 is 1.16 bits per heavy atom. The minimum Gasteiger partial charge on any atom is -0.352 e. The van der Waals surface area contributed by atoms with Crippen LogP contribution in [0.2, 0.25) is 0 Å². The van der Waals surface area contributed by atoms with Crippen molar-refractivity contribution in [3.63, 3.8) is 0 Å². The van der Waals surface area contributed by atoms with Crippen molar-refractivity contribution in [3.05, 3.63) is 80.8 Å². The van der Waals surface area contributed by atoms with Crippen LogP contribution in [-0.2, 0) is 6.42 Å². The Morgan fingerprint density at radius 2 is 1.96 bits per heavy atom. The molecule has 0 atom stereocenters. The van der Waals surface area contributed by atoms with E-state index in [-0.39, 0.29) is 5.56 Å². The molecule has 6 nitrogen and oxygen atoms in total. The van der Waals surface area contributed by atoms with Gasteiger partial charge in [0.25, 0.3) is 11.5 Å². The number of aromatic nitrogens is 3. The maximum atomic E-state index is 12.3. The largest absolute Gasteiger partial charge is 0.352 e. The van der Waals surface area contributed by atoms with Gasteiger partial charge >= 0.3 is 0 Å². The molecule has 3 rings (SSSR count). The van der Waals surface area contributed by atoms with Gasteiger partial charge in [0.1, 0.15) is 5.56 Å². The number of carbonyl (C=O) groups is 1. The standard InChI is InChI=1S/C18H15BrN4O2/c19-14-3-1-2-12(10-14)4-9-21-17(24)15-11-16(22-23-18(15)25)13-5-7-20-8-6-13/h1-3,5-8,10-11H,4,9H2,(H,21,24)(H,23,25). The quantitative estimate of drug-likeness (QED) is 0.691. The molecule has 2 N–H and O–H groups in total. The van der Waals surface area contributed by atoms with Crippen LogP contribution in [-0.4, -0.2) is 27.6 Å². The third-order valence-corrected chi connectivity index (χ3v) is 4.11. The van der Waals surface area contributed by atoms with Crippen molar-refractivity contribution in [1.82, 2.24) is 20.5 Å². The second kappa shape index (κ2) is 7.85. The van der Waals surface area contributed by atoms with Gasteiger partial charge in [0.15, 0.2) is 0 Å². The molecule has 0 spiro atoms. The van der Waals surface area contributed by atoms with Crippen molar-refractivity contribution in [3.8, 4) is 11.3 Å². The molecule has 0 saturated heterocycles. The van der Waals surface area contributed by atoms with Crippen LogP contribution in [0.15, 0.2) is 64.1 Å². The van der Waals surface area contributed by atoms with E-state index < -0.39 is 11.5 Å². The zero-order chi connectivity index (χ0) is 17.6. The molecule has 0 bridgehead atoms. The van der Waals surface area contributed by atoms with Gasteiger partial charge in [-0.2, -0.15) is 5.10 Å². The van der Waals surface area contributed by atoms with Gasteiger partial charge in [-0.1, -0.05) is 28.1 Å². The molecule has 7 heteroatoms. The molecule has 0 fully saturated rings. The number of nitrogens with zero attached hydrogens (tertiary/aromatic N) is 2. The van der Waals surface area contributed by atoms with Gasteiger partial charge in [-0.15, -0.1) is 0 Å². The van der Waals surface area contributed by atoms with E-state index in [1.165, 1.54) is 6.07 Å². The number of hydrogen-bond donors (Lipinski definition) is 2. The van der Waals surface area contributed by atoms with Gasteiger partial charge in [-0.3, -0.25) is 14.6 Å². The summed E-state index contributed by atoms with van der Waals surface area (Å²) in [6, 6.07) is 12.9. The summed E-state index contributed by atoms with van der Waals surface area (Å²) in [5.74, 6) is -0.422. The van der Waals surface area contributed by atoms with E-state index in [4.69, 9.17) is 0 Å². The van der Waals surface area contributed by atoms with Gasteiger partial charge in [0, 0.05) is 29.0 Å². The monoisotopic (exact) mass is 398 g/mol. The minimum absolute atomic E-state index is 0.0380. The number of nitrogens with one attached hydrogen (secondary N) is 2. The normalized spacial score (nSPS) is 10.4. The minimum atomic E-state index is -0.516. The Morgan fingerprint density at radius 3 is 2.72 bits per heavy atom. The molecule has 1 aromatic carbocycles. The predicted octanol–water partition coefficient (Wildman–Crippen LogP) is 2.57. The highest BCUT2D eigenvalue weighted by atomic mass is 79.9. The first kappa shape index (κ1) is 17.0. The summed E-state index contributed by atoms with van der Waals surface area (Å²) in [4.78, 5) is 28.2. The van der Waals surface area contributed by atoms with Crippen molar-refractivity contribution in [2.45, 2.75) is 6.42 Å². The smallest absolute Gasteiger partial charge is 0.277 e. The molecule has 2 heterocycles. The van der Waals surface area contributed by atoms with E-state index in [1.807, 2.05) is 24.3 Å². The van der Waals surface area contributed by atoms with Gasteiger partial charge < -0.3 is 5.32 Å². The molecular weight excluding hydrogens is 384 g/mol. The lowest BCUT2D eigenvalue weighted by atomic mass is 10.1. The molecule has 0 aliphatic rings. The molecule has 1 amide bonds. The first-order chi connectivity index (χ1) is 12.1. The number of amides is 1. The van der Waals surface area contributed by atoms with Crippen molar-refractivity contribution >= 4 is 21.8 Å². The average molecular weight is 399 g/mol. The lowest BCUT2D eigenvalue weighted by molar-refractivity contribution is 0.0952. The zero-order valence-electron chi connectivity index (χ0n) is 13.2. The second-order valence-corrected chi connectivity index (χ2v) is 6.28. The van der Waals surface area contributed by atoms with Crippen molar-refractivity contribution in [2.75, 3.05) is 6.54 Å². The van der Waals surface area contributed by atoms with E-state index in [2.05, 4.69) is 36.4 Å². The summed E-state index contributed by atoms with van der Waals surface area (Å²) < 4.78 is 0.990. The van der Waals surface area contributed by atoms with E-state index in [0.717, 1.165) is 15.6 Å². The fourth-order valence-electron chi connectivity index (χ4n) is 2.35. The van der Waals surface area contributed by atoms with Crippen LogP contribution in [0.4, 0.5) is 0 Å². The lowest BCUT2D eigenvalue weighted by Crippen LogP contribution is -2.31. The second-order valence-electron chi connectivity index (χ2n) is 5.37. The van der Waals surface area contributed by atoms with E-state index in [1.54, 1.807) is 24.5 Å². The summed E-state index contributed by atoms with van der Waals surface area (Å²) >= 11 is 3.42. The van der Waals surface area contributed by atoms with E-state index in [0.29, 0.717) is 18.7 Å². The van der Waals surface area contributed by atoms with Crippen LogP contribution >= 0.6 is 15.9 Å². The Balaban J connectivity index is 1.70. The highest BCUT2D eigenvalue weighted by molar-refractivity contribution is 9.10. The molecule has 0 saturated carbocycles. The van der Waals surface area contributed by atoms with Gasteiger partial charge in [0.05, 0.1) is 5.69 Å². The maximum absolute atomic E-state index is 12.3. The third-order valence-electron chi connectivity index (χ3n) is 3.61. The Kier molecular flexibility index (Phi) is 5.35. The molecule has 0 radical (unpaired) electrons. The van der Waals surface area contributed by atoms with Crippen molar-refractivity contribution < 1.29 is 4.79 Å². The number of hydrogen-bond acceptors (Lipinski definition) is 4. The number of rotatable bonds is 5. The first-order valence-electron chi connectivity index (χ1n) is 7.66. The summed E-state index contributed by atoms with van der Waals surface area (Å²) in [5.41, 5.74) is 1.90. The number of benzene rings is 1. The highest BCUT2D eigenvalue weighted by Gasteiger charge is 2.12. The van der Waals surface area contributed by atoms with E-state index >= 15 is 0 Å². The Hall–Kier alpha value is -2.80. The van der Waals surface area contributed by atoms with Crippen molar-refractivity contribution in [1.29, 1.82) is 0 Å². The topological polar surface area (TPSA) is 87.7 Å². The Bertz CT molecular complexity index is 941. The molecule has 25 heavy (non-hydrogen) atoms. The van der Waals surface area contributed by atoms with Crippen LogP contribution in [0.5, 0.6) is 0 Å². The molecule has 3 aromatic rings. The SMILES string of the molecule is O=C(NCCc1cccc(Br)c1)c1cc(-c2ccncc2)n[nH]c1=O. The van der Waals surface area contributed by atoms with Gasteiger partial charge in [-0.25, -0.2) is 5.10 Å². The maximum Gasteiger partial charge on any atom is 0.277 e. The fraction of sp³-hybridized carbons (Fsp3) is 0.111. The van der Waals surface area contributed by atoms with E-state index in [9.17, 15) is 9.59 Å².